The van der Waals surface area contributed by atoms with Crippen LogP contribution in [-0.4, -0.2) is 66.7 Å². The van der Waals surface area contributed by atoms with E-state index in [9.17, 15) is 19.2 Å². The molecule has 1 aliphatic heterocycles. The van der Waals surface area contributed by atoms with Crippen LogP contribution in [0, 0.1) is 0 Å². The molecule has 12 heteroatoms. The Morgan fingerprint density at radius 3 is 2.09 bits per heavy atom. The van der Waals surface area contributed by atoms with E-state index < -0.39 is 48.4 Å². The summed E-state index contributed by atoms with van der Waals surface area (Å²) < 4.78 is 26.4. The van der Waals surface area contributed by atoms with Crippen molar-refractivity contribution in [2.75, 3.05) is 18.5 Å². The molecule has 1 aromatic rings. The third-order valence-electron chi connectivity index (χ3n) is 4.28. The lowest BCUT2D eigenvalue weighted by Crippen LogP contribution is -2.62. The van der Waals surface area contributed by atoms with Crippen molar-refractivity contribution in [3.8, 4) is 0 Å². The number of carbonyl (C=O) groups excluding carboxylic acids is 4. The molecule has 0 spiro atoms. The Kier molecular flexibility index (Phi) is 9.55. The molecule has 0 unspecified atom stereocenters. The zero-order valence-electron chi connectivity index (χ0n) is 18.6. The maximum absolute atomic E-state index is 11.8. The van der Waals surface area contributed by atoms with Crippen LogP contribution in [0.15, 0.2) is 24.3 Å². The van der Waals surface area contributed by atoms with Crippen LogP contribution in [0.3, 0.4) is 0 Å². The first-order valence-electron chi connectivity index (χ1n) is 10.1. The van der Waals surface area contributed by atoms with Crippen LogP contribution in [0.1, 0.15) is 38.1 Å². The van der Waals surface area contributed by atoms with E-state index in [1.54, 1.807) is 31.2 Å². The highest BCUT2D eigenvalue weighted by molar-refractivity contribution is 7.80. The Hall–Kier alpha value is -3.25. The summed E-state index contributed by atoms with van der Waals surface area (Å²) in [5, 5.41) is 5.88. The highest BCUT2D eigenvalue weighted by Crippen LogP contribution is 2.23. The van der Waals surface area contributed by atoms with Crippen molar-refractivity contribution in [2.45, 2.75) is 52.2 Å². The van der Waals surface area contributed by atoms with Crippen molar-refractivity contribution >= 4 is 46.9 Å². The highest BCUT2D eigenvalue weighted by Gasteiger charge is 2.47. The number of esters is 4. The smallest absolute Gasteiger partial charge is 0.338 e. The number of thiocarbonyl (C=S) groups is 1. The first-order chi connectivity index (χ1) is 15.6. The molecule has 0 bridgehead atoms. The van der Waals surface area contributed by atoms with Crippen molar-refractivity contribution < 1.29 is 42.9 Å². The molecule has 1 aliphatic rings. The highest BCUT2D eigenvalue weighted by atomic mass is 32.1. The van der Waals surface area contributed by atoms with Gasteiger partial charge in [0.05, 0.1) is 18.8 Å². The molecule has 1 fully saturated rings. The number of rotatable bonds is 7. The van der Waals surface area contributed by atoms with Gasteiger partial charge in [-0.25, -0.2) is 4.79 Å². The van der Waals surface area contributed by atoms with Crippen LogP contribution in [0.2, 0.25) is 0 Å². The Balaban J connectivity index is 2.12. The molecule has 2 N–H and O–H groups in total. The van der Waals surface area contributed by atoms with E-state index in [-0.39, 0.29) is 18.3 Å². The fourth-order valence-electron chi connectivity index (χ4n) is 3.07. The van der Waals surface area contributed by atoms with Gasteiger partial charge in [-0.1, -0.05) is 0 Å². The minimum absolute atomic E-state index is 0.105. The SMILES string of the molecule is CCOC(=O)c1ccc(NC(=S)N[C@@H]2OC[C@H](OC(C)=O)[C@H](OC(C)=O)[C@H]2OC(C)=O)cc1. The molecule has 4 atom stereocenters. The molecule has 0 aromatic heterocycles. The minimum Gasteiger partial charge on any atom is -0.462 e. The van der Waals surface area contributed by atoms with Gasteiger partial charge in [-0.05, 0) is 43.4 Å². The van der Waals surface area contributed by atoms with Gasteiger partial charge in [0.25, 0.3) is 0 Å². The molecular formula is C21H26N2O9S. The third kappa shape index (κ3) is 7.99. The summed E-state index contributed by atoms with van der Waals surface area (Å²) in [7, 11) is 0. The van der Waals surface area contributed by atoms with Gasteiger partial charge in [0, 0.05) is 26.5 Å². The predicted octanol–water partition coefficient (Wildman–Crippen LogP) is 1.30. The van der Waals surface area contributed by atoms with Gasteiger partial charge in [0.1, 0.15) is 0 Å². The summed E-state index contributed by atoms with van der Waals surface area (Å²) in [5.74, 6) is -2.37. The second-order valence-corrected chi connectivity index (χ2v) is 7.35. The van der Waals surface area contributed by atoms with E-state index in [0.717, 1.165) is 0 Å². The Bertz CT molecular complexity index is 890. The number of benzene rings is 1. The van der Waals surface area contributed by atoms with E-state index in [1.165, 1.54) is 20.8 Å². The van der Waals surface area contributed by atoms with Crippen molar-refractivity contribution in [1.82, 2.24) is 5.32 Å². The van der Waals surface area contributed by atoms with E-state index in [0.29, 0.717) is 11.3 Å². The Morgan fingerprint density at radius 1 is 0.970 bits per heavy atom. The van der Waals surface area contributed by atoms with Crippen molar-refractivity contribution in [2.24, 2.45) is 0 Å². The van der Waals surface area contributed by atoms with Crippen molar-refractivity contribution in [1.29, 1.82) is 0 Å². The third-order valence-corrected chi connectivity index (χ3v) is 4.50. The van der Waals surface area contributed by atoms with Gasteiger partial charge in [0.15, 0.2) is 29.7 Å². The maximum atomic E-state index is 11.8. The predicted molar refractivity (Wildman–Crippen MR) is 118 cm³/mol. The van der Waals surface area contributed by atoms with Gasteiger partial charge < -0.3 is 34.3 Å². The molecule has 0 saturated carbocycles. The largest absolute Gasteiger partial charge is 0.462 e. The number of anilines is 1. The monoisotopic (exact) mass is 482 g/mol. The van der Waals surface area contributed by atoms with Gasteiger partial charge in [0.2, 0.25) is 0 Å². The molecule has 33 heavy (non-hydrogen) atoms. The van der Waals surface area contributed by atoms with Crippen LogP contribution in [0.4, 0.5) is 5.69 Å². The van der Waals surface area contributed by atoms with E-state index in [1.807, 2.05) is 0 Å². The minimum atomic E-state index is -1.16. The number of hydrogen-bond acceptors (Lipinski definition) is 10. The molecule has 0 amide bonds. The van der Waals surface area contributed by atoms with E-state index in [2.05, 4.69) is 10.6 Å². The standard InChI is InChI=1S/C21H26N2O9S/c1-5-28-20(27)14-6-8-15(9-7-14)22-21(33)23-19-18(32-13(4)26)17(31-12(3)25)16(10-29-19)30-11(2)24/h6-9,16-19H,5,10H2,1-4H3,(H2,22,23,33)/t16-,17-,18+,19+/m0/s1. The van der Waals surface area contributed by atoms with E-state index >= 15 is 0 Å². The number of hydrogen-bond donors (Lipinski definition) is 2. The second-order valence-electron chi connectivity index (χ2n) is 6.95. The molecule has 1 aromatic carbocycles. The van der Waals surface area contributed by atoms with E-state index in [4.69, 9.17) is 35.9 Å². The molecule has 0 aliphatic carbocycles. The summed E-state index contributed by atoms with van der Waals surface area (Å²) in [6, 6.07) is 6.40. The lowest BCUT2D eigenvalue weighted by atomic mass is 10.0. The average Bonchev–Trinajstić information content (AvgIpc) is 2.72. The lowest BCUT2D eigenvalue weighted by Gasteiger charge is -2.40. The first-order valence-corrected chi connectivity index (χ1v) is 10.5. The number of carbonyl (C=O) groups is 4. The summed E-state index contributed by atoms with van der Waals surface area (Å²) in [6.45, 7) is 5.41. The zero-order chi connectivity index (χ0) is 24.5. The topological polar surface area (TPSA) is 138 Å². The lowest BCUT2D eigenvalue weighted by molar-refractivity contribution is -0.227. The van der Waals surface area contributed by atoms with Crippen LogP contribution in [-0.2, 0) is 38.1 Å². The average molecular weight is 483 g/mol. The van der Waals surface area contributed by atoms with Crippen molar-refractivity contribution in [3.63, 3.8) is 0 Å². The molecule has 2 rings (SSSR count). The maximum Gasteiger partial charge on any atom is 0.338 e. The van der Waals surface area contributed by atoms with Gasteiger partial charge in [-0.15, -0.1) is 0 Å². The second kappa shape index (κ2) is 12.1. The summed E-state index contributed by atoms with van der Waals surface area (Å²) in [5.41, 5.74) is 0.947. The molecular weight excluding hydrogens is 456 g/mol. The van der Waals surface area contributed by atoms with Gasteiger partial charge in [-0.2, -0.15) is 0 Å². The fraction of sp³-hybridized carbons (Fsp3) is 0.476. The van der Waals surface area contributed by atoms with Crippen LogP contribution < -0.4 is 10.6 Å². The summed E-state index contributed by atoms with van der Waals surface area (Å²) in [4.78, 5) is 46.5. The summed E-state index contributed by atoms with van der Waals surface area (Å²) >= 11 is 5.31. The van der Waals surface area contributed by atoms with Gasteiger partial charge >= 0.3 is 23.9 Å². The molecule has 0 radical (unpaired) electrons. The molecule has 11 nitrogen and oxygen atoms in total. The summed E-state index contributed by atoms with van der Waals surface area (Å²) in [6.07, 6.45) is -4.27. The quantitative estimate of drug-likeness (QED) is 0.329. The first kappa shape index (κ1) is 26.0. The molecule has 1 heterocycles. The Morgan fingerprint density at radius 2 is 1.55 bits per heavy atom. The number of nitrogens with one attached hydrogen (secondary N) is 2. The van der Waals surface area contributed by atoms with Crippen LogP contribution in [0.25, 0.3) is 0 Å². The molecule has 1 saturated heterocycles. The van der Waals surface area contributed by atoms with Crippen LogP contribution >= 0.6 is 12.2 Å². The molecule has 180 valence electrons. The normalized spacial score (nSPS) is 21.8. The number of ether oxygens (including phenoxy) is 5. The zero-order valence-corrected chi connectivity index (χ0v) is 19.4. The van der Waals surface area contributed by atoms with Gasteiger partial charge in [-0.3, -0.25) is 14.4 Å². The Labute approximate surface area is 196 Å². The van der Waals surface area contributed by atoms with Crippen molar-refractivity contribution in [3.05, 3.63) is 29.8 Å². The van der Waals surface area contributed by atoms with Crippen LogP contribution in [0.5, 0.6) is 0 Å². The fourth-order valence-corrected chi connectivity index (χ4v) is 3.30.